The number of hydrogen-bond acceptors (Lipinski definition) is 2. The van der Waals surface area contributed by atoms with Gasteiger partial charge < -0.3 is 10.1 Å². The van der Waals surface area contributed by atoms with Gasteiger partial charge in [0.2, 0.25) is 0 Å². The van der Waals surface area contributed by atoms with Gasteiger partial charge in [0.25, 0.3) is 0 Å². The Morgan fingerprint density at radius 2 is 1.64 bits per heavy atom. The monoisotopic (exact) mass is 351 g/mol. The third kappa shape index (κ3) is 5.01. The zero-order valence-corrected chi connectivity index (χ0v) is 15.3. The first-order valence-corrected chi connectivity index (χ1v) is 8.75. The fourth-order valence-corrected chi connectivity index (χ4v) is 2.77. The lowest BCUT2D eigenvalue weighted by Crippen LogP contribution is -2.00. The summed E-state index contributed by atoms with van der Waals surface area (Å²) in [5.41, 5.74) is 6.03. The number of hydrogen-bond donors (Lipinski definition) is 1. The normalized spacial score (nSPS) is 10.5. The first-order valence-electron chi connectivity index (χ1n) is 8.37. The van der Waals surface area contributed by atoms with Crippen LogP contribution in [0.3, 0.4) is 0 Å². The highest BCUT2D eigenvalue weighted by molar-refractivity contribution is 6.30. The van der Waals surface area contributed by atoms with Crippen molar-refractivity contribution < 1.29 is 4.74 Å². The second kappa shape index (κ2) is 8.09. The summed E-state index contributed by atoms with van der Waals surface area (Å²) in [6, 6.07) is 22.3. The molecule has 3 aromatic rings. The Morgan fingerprint density at radius 1 is 0.840 bits per heavy atom. The molecule has 0 fully saturated rings. The Labute approximate surface area is 154 Å². The number of rotatable bonds is 6. The van der Waals surface area contributed by atoms with Gasteiger partial charge in [-0.3, -0.25) is 0 Å². The molecule has 0 atom stereocenters. The topological polar surface area (TPSA) is 21.3 Å². The van der Waals surface area contributed by atoms with Crippen molar-refractivity contribution >= 4 is 17.3 Å². The maximum absolute atomic E-state index is 5.99. The van der Waals surface area contributed by atoms with E-state index in [9.17, 15) is 0 Å². The predicted octanol–water partition coefficient (Wildman–Crippen LogP) is 6.15. The number of ether oxygens (including phenoxy) is 1. The van der Waals surface area contributed by atoms with Gasteiger partial charge in [-0.15, -0.1) is 0 Å². The molecule has 2 nitrogen and oxygen atoms in total. The zero-order valence-electron chi connectivity index (χ0n) is 14.6. The quantitative estimate of drug-likeness (QED) is 0.575. The Kier molecular flexibility index (Phi) is 5.62. The van der Waals surface area contributed by atoms with Crippen LogP contribution in [0.1, 0.15) is 22.3 Å². The fraction of sp³-hybridized carbons (Fsp3) is 0.182. The molecule has 25 heavy (non-hydrogen) atoms. The first-order chi connectivity index (χ1) is 12.1. The molecule has 3 rings (SSSR count). The standard InChI is InChI=1S/C22H22ClNO/c1-16-6-9-21(12-17(16)2)24-14-18-7-10-22(11-8-18)25-15-19-4-3-5-20(23)13-19/h3-13,24H,14-15H2,1-2H3. The van der Waals surface area contributed by atoms with E-state index in [1.807, 2.05) is 36.4 Å². The molecule has 0 saturated heterocycles. The van der Waals surface area contributed by atoms with Gasteiger partial charge >= 0.3 is 0 Å². The maximum atomic E-state index is 5.99. The van der Waals surface area contributed by atoms with E-state index in [1.165, 1.54) is 16.7 Å². The number of nitrogens with one attached hydrogen (secondary N) is 1. The van der Waals surface area contributed by atoms with Gasteiger partial charge in [0, 0.05) is 17.3 Å². The van der Waals surface area contributed by atoms with Gasteiger partial charge in [-0.1, -0.05) is 41.9 Å². The summed E-state index contributed by atoms with van der Waals surface area (Å²) in [6.07, 6.45) is 0. The van der Waals surface area contributed by atoms with E-state index in [-0.39, 0.29) is 0 Å². The van der Waals surface area contributed by atoms with Crippen LogP contribution in [0.5, 0.6) is 5.75 Å². The van der Waals surface area contributed by atoms with Crippen molar-refractivity contribution in [1.82, 2.24) is 0 Å². The van der Waals surface area contributed by atoms with Gasteiger partial charge in [0.15, 0.2) is 0 Å². The predicted molar refractivity (Wildman–Crippen MR) is 105 cm³/mol. The molecule has 0 aliphatic rings. The Bertz CT molecular complexity index is 843. The average Bonchev–Trinajstić information content (AvgIpc) is 2.62. The Hall–Kier alpha value is -2.45. The molecule has 0 bridgehead atoms. The lowest BCUT2D eigenvalue weighted by atomic mass is 10.1. The van der Waals surface area contributed by atoms with Crippen LogP contribution in [0.15, 0.2) is 66.7 Å². The molecule has 0 spiro atoms. The zero-order chi connectivity index (χ0) is 17.6. The van der Waals surface area contributed by atoms with Crippen molar-refractivity contribution in [2.75, 3.05) is 5.32 Å². The highest BCUT2D eigenvalue weighted by Crippen LogP contribution is 2.18. The summed E-state index contributed by atoms with van der Waals surface area (Å²) in [7, 11) is 0. The van der Waals surface area contributed by atoms with Gasteiger partial charge in [0.1, 0.15) is 12.4 Å². The van der Waals surface area contributed by atoms with Crippen molar-refractivity contribution in [2.45, 2.75) is 27.0 Å². The van der Waals surface area contributed by atoms with Crippen LogP contribution < -0.4 is 10.1 Å². The Balaban J connectivity index is 1.54. The van der Waals surface area contributed by atoms with Crippen LogP contribution in [-0.4, -0.2) is 0 Å². The van der Waals surface area contributed by atoms with E-state index in [2.05, 4.69) is 49.5 Å². The first kappa shape index (κ1) is 17.4. The van der Waals surface area contributed by atoms with Crippen molar-refractivity contribution in [3.05, 3.63) is 94.0 Å². The van der Waals surface area contributed by atoms with Crippen molar-refractivity contribution in [1.29, 1.82) is 0 Å². The van der Waals surface area contributed by atoms with Gasteiger partial charge in [0.05, 0.1) is 0 Å². The van der Waals surface area contributed by atoms with E-state index in [0.29, 0.717) is 6.61 Å². The molecule has 3 aromatic carbocycles. The molecular formula is C22H22ClNO. The van der Waals surface area contributed by atoms with Crippen LogP contribution in [0.4, 0.5) is 5.69 Å². The second-order valence-corrected chi connectivity index (χ2v) is 6.65. The minimum absolute atomic E-state index is 0.515. The molecule has 0 radical (unpaired) electrons. The second-order valence-electron chi connectivity index (χ2n) is 6.22. The number of anilines is 1. The molecule has 0 aliphatic carbocycles. The van der Waals surface area contributed by atoms with Crippen LogP contribution in [-0.2, 0) is 13.2 Å². The minimum atomic E-state index is 0.515. The van der Waals surface area contributed by atoms with E-state index < -0.39 is 0 Å². The summed E-state index contributed by atoms with van der Waals surface area (Å²) in [6.45, 7) is 5.56. The SMILES string of the molecule is Cc1ccc(NCc2ccc(OCc3cccc(Cl)c3)cc2)cc1C. The molecule has 128 valence electrons. The van der Waals surface area contributed by atoms with Crippen molar-refractivity contribution in [2.24, 2.45) is 0 Å². The van der Waals surface area contributed by atoms with Gasteiger partial charge in [-0.05, 0) is 72.5 Å². The van der Waals surface area contributed by atoms with Crippen LogP contribution in [0.25, 0.3) is 0 Å². The molecule has 0 amide bonds. The largest absolute Gasteiger partial charge is 0.489 e. The number of benzene rings is 3. The lowest BCUT2D eigenvalue weighted by molar-refractivity contribution is 0.306. The van der Waals surface area contributed by atoms with Crippen molar-refractivity contribution in [3.63, 3.8) is 0 Å². The molecule has 0 unspecified atom stereocenters. The van der Waals surface area contributed by atoms with Crippen molar-refractivity contribution in [3.8, 4) is 5.75 Å². The molecule has 1 N–H and O–H groups in total. The average molecular weight is 352 g/mol. The van der Waals surface area contributed by atoms with Crippen LogP contribution in [0, 0.1) is 13.8 Å². The van der Waals surface area contributed by atoms with E-state index >= 15 is 0 Å². The molecule has 0 heterocycles. The molecule has 0 aliphatic heterocycles. The third-order valence-electron chi connectivity index (χ3n) is 4.22. The fourth-order valence-electron chi connectivity index (χ4n) is 2.55. The van der Waals surface area contributed by atoms with Gasteiger partial charge in [-0.25, -0.2) is 0 Å². The molecule has 3 heteroatoms. The molecule has 0 saturated carbocycles. The highest BCUT2D eigenvalue weighted by atomic mass is 35.5. The molecule has 0 aromatic heterocycles. The summed E-state index contributed by atoms with van der Waals surface area (Å²) < 4.78 is 5.81. The highest BCUT2D eigenvalue weighted by Gasteiger charge is 2.00. The summed E-state index contributed by atoms with van der Waals surface area (Å²) >= 11 is 5.99. The summed E-state index contributed by atoms with van der Waals surface area (Å²) in [5.74, 6) is 0.856. The van der Waals surface area contributed by atoms with E-state index in [1.54, 1.807) is 0 Å². The van der Waals surface area contributed by atoms with E-state index in [4.69, 9.17) is 16.3 Å². The summed E-state index contributed by atoms with van der Waals surface area (Å²) in [4.78, 5) is 0. The smallest absolute Gasteiger partial charge is 0.119 e. The maximum Gasteiger partial charge on any atom is 0.119 e. The summed E-state index contributed by atoms with van der Waals surface area (Å²) in [5, 5.41) is 4.19. The van der Waals surface area contributed by atoms with Crippen LogP contribution in [0.2, 0.25) is 5.02 Å². The molecular weight excluding hydrogens is 330 g/mol. The van der Waals surface area contributed by atoms with Crippen LogP contribution >= 0.6 is 11.6 Å². The minimum Gasteiger partial charge on any atom is -0.489 e. The lowest BCUT2D eigenvalue weighted by Gasteiger charge is -2.10. The van der Waals surface area contributed by atoms with Gasteiger partial charge in [-0.2, -0.15) is 0 Å². The number of halogens is 1. The third-order valence-corrected chi connectivity index (χ3v) is 4.46. The Morgan fingerprint density at radius 3 is 2.36 bits per heavy atom. The number of aryl methyl sites for hydroxylation is 2. The van der Waals surface area contributed by atoms with E-state index in [0.717, 1.165) is 28.6 Å².